The summed E-state index contributed by atoms with van der Waals surface area (Å²) in [6.07, 6.45) is 0.493. The molecule has 3 aromatic rings. The van der Waals surface area contributed by atoms with Crippen molar-refractivity contribution in [3.8, 4) is 5.75 Å². The molecule has 0 bridgehead atoms. The Labute approximate surface area is 147 Å². The van der Waals surface area contributed by atoms with Gasteiger partial charge in [-0.2, -0.15) is 0 Å². The Balaban J connectivity index is 1.71. The quantitative estimate of drug-likeness (QED) is 0.525. The van der Waals surface area contributed by atoms with Crippen LogP contribution in [0.25, 0.3) is 10.8 Å². The normalized spacial score (nSPS) is 11.9. The van der Waals surface area contributed by atoms with Gasteiger partial charge in [-0.1, -0.05) is 60.7 Å². The summed E-state index contributed by atoms with van der Waals surface area (Å²) in [5.74, 6) is 0.327. The number of nitrogens with one attached hydrogen (secondary N) is 1. The van der Waals surface area contributed by atoms with Gasteiger partial charge in [0.25, 0.3) is 0 Å². The first-order chi connectivity index (χ1) is 12.3. The van der Waals surface area contributed by atoms with Crippen LogP contribution in [0.4, 0.5) is 0 Å². The van der Waals surface area contributed by atoms with Crippen molar-refractivity contribution < 1.29 is 14.4 Å². The molecule has 0 saturated carbocycles. The van der Waals surface area contributed by atoms with Gasteiger partial charge in [0.05, 0.1) is 6.61 Å². The fourth-order valence-corrected chi connectivity index (χ4v) is 2.64. The Bertz CT molecular complexity index is 833. The van der Waals surface area contributed by atoms with Crippen LogP contribution in [-0.4, -0.2) is 18.6 Å². The molecular formula is C21H21NO3. The first-order valence-electron chi connectivity index (χ1n) is 8.38. The van der Waals surface area contributed by atoms with Gasteiger partial charge in [0.2, 0.25) is 0 Å². The molecule has 1 N–H and O–H groups in total. The molecule has 0 aliphatic rings. The van der Waals surface area contributed by atoms with Gasteiger partial charge in [0.15, 0.2) is 0 Å². The minimum atomic E-state index is -0.575. The summed E-state index contributed by atoms with van der Waals surface area (Å²) < 4.78 is 5.15. The fourth-order valence-electron chi connectivity index (χ4n) is 2.64. The number of rotatable bonds is 7. The first-order valence-corrected chi connectivity index (χ1v) is 8.38. The molecule has 128 valence electrons. The summed E-state index contributed by atoms with van der Waals surface area (Å²) in [7, 11) is 0. The molecule has 0 fully saturated rings. The molecule has 1 unspecified atom stereocenters. The Kier molecular flexibility index (Phi) is 5.65. The minimum Gasteiger partial charge on any atom is -0.465 e. The molecule has 3 aromatic carbocycles. The highest BCUT2D eigenvalue weighted by Gasteiger charge is 2.21. The standard InChI is InChI=1S/C21H21NO3/c1-2-24-21(23)20(14-16-8-4-3-5-9-16)22-25-19-13-12-17-10-6-7-11-18(17)15-19/h3-13,15,20,22H,2,14H2,1H3. The van der Waals surface area contributed by atoms with Crippen molar-refractivity contribution in [2.75, 3.05) is 6.61 Å². The molecule has 0 saturated heterocycles. The Morgan fingerprint density at radius 2 is 1.68 bits per heavy atom. The zero-order valence-electron chi connectivity index (χ0n) is 14.1. The second-order valence-corrected chi connectivity index (χ2v) is 5.72. The second kappa shape index (κ2) is 8.31. The molecule has 0 heterocycles. The van der Waals surface area contributed by atoms with E-state index < -0.39 is 6.04 Å². The van der Waals surface area contributed by atoms with Gasteiger partial charge in [-0.3, -0.25) is 4.79 Å². The van der Waals surface area contributed by atoms with Gasteiger partial charge >= 0.3 is 5.97 Å². The van der Waals surface area contributed by atoms with Crippen LogP contribution in [0, 0.1) is 0 Å². The lowest BCUT2D eigenvalue weighted by Crippen LogP contribution is -2.41. The lowest BCUT2D eigenvalue weighted by atomic mass is 10.1. The monoisotopic (exact) mass is 335 g/mol. The number of esters is 1. The van der Waals surface area contributed by atoms with Crippen LogP contribution in [-0.2, 0) is 16.0 Å². The maximum atomic E-state index is 12.2. The van der Waals surface area contributed by atoms with Crippen molar-refractivity contribution in [3.05, 3.63) is 78.4 Å². The smallest absolute Gasteiger partial charge is 0.326 e. The number of hydrogen-bond donors (Lipinski definition) is 1. The van der Waals surface area contributed by atoms with Crippen molar-refractivity contribution in [1.29, 1.82) is 0 Å². The maximum absolute atomic E-state index is 12.2. The van der Waals surface area contributed by atoms with Crippen molar-refractivity contribution in [2.45, 2.75) is 19.4 Å². The Hall–Kier alpha value is -2.85. The highest BCUT2D eigenvalue weighted by Crippen LogP contribution is 2.20. The van der Waals surface area contributed by atoms with Crippen LogP contribution in [0.15, 0.2) is 72.8 Å². The number of hydrogen-bond acceptors (Lipinski definition) is 4. The predicted molar refractivity (Wildman–Crippen MR) is 98.3 cm³/mol. The molecular weight excluding hydrogens is 314 g/mol. The summed E-state index contributed by atoms with van der Waals surface area (Å²) in [6.45, 7) is 2.13. The minimum absolute atomic E-state index is 0.327. The topological polar surface area (TPSA) is 47.6 Å². The molecule has 0 aromatic heterocycles. The largest absolute Gasteiger partial charge is 0.465 e. The summed E-state index contributed by atoms with van der Waals surface area (Å²) in [5.41, 5.74) is 3.90. The molecule has 4 nitrogen and oxygen atoms in total. The third kappa shape index (κ3) is 4.58. The van der Waals surface area contributed by atoms with Gasteiger partial charge in [-0.05, 0) is 35.4 Å². The van der Waals surface area contributed by atoms with E-state index in [2.05, 4.69) is 5.48 Å². The van der Waals surface area contributed by atoms with E-state index in [0.29, 0.717) is 18.8 Å². The third-order valence-corrected chi connectivity index (χ3v) is 3.89. The van der Waals surface area contributed by atoms with Crippen molar-refractivity contribution in [3.63, 3.8) is 0 Å². The molecule has 0 radical (unpaired) electrons. The fraction of sp³-hybridized carbons (Fsp3) is 0.190. The Morgan fingerprint density at radius 3 is 2.44 bits per heavy atom. The van der Waals surface area contributed by atoms with E-state index in [4.69, 9.17) is 9.57 Å². The van der Waals surface area contributed by atoms with E-state index in [1.54, 1.807) is 6.92 Å². The number of carbonyl (C=O) groups excluding carboxylic acids is 1. The van der Waals surface area contributed by atoms with Gasteiger partial charge < -0.3 is 9.57 Å². The molecule has 0 aliphatic heterocycles. The average Bonchev–Trinajstić information content (AvgIpc) is 2.66. The van der Waals surface area contributed by atoms with Crippen molar-refractivity contribution in [1.82, 2.24) is 5.48 Å². The SMILES string of the molecule is CCOC(=O)C(Cc1ccccc1)NOc1ccc2ccccc2c1. The molecule has 0 amide bonds. The van der Waals surface area contributed by atoms with E-state index in [0.717, 1.165) is 16.3 Å². The maximum Gasteiger partial charge on any atom is 0.326 e. The number of benzene rings is 3. The summed E-state index contributed by atoms with van der Waals surface area (Å²) in [4.78, 5) is 17.9. The molecule has 0 spiro atoms. The third-order valence-electron chi connectivity index (χ3n) is 3.89. The van der Waals surface area contributed by atoms with E-state index >= 15 is 0 Å². The summed E-state index contributed by atoms with van der Waals surface area (Å²) in [5, 5.41) is 2.22. The predicted octanol–water partition coefficient (Wildman–Crippen LogP) is 3.90. The number of hydroxylamine groups is 1. The van der Waals surface area contributed by atoms with Crippen LogP contribution in [0.3, 0.4) is 0 Å². The molecule has 25 heavy (non-hydrogen) atoms. The van der Waals surface area contributed by atoms with Crippen LogP contribution >= 0.6 is 0 Å². The zero-order chi connectivity index (χ0) is 17.5. The van der Waals surface area contributed by atoms with Gasteiger partial charge in [-0.25, -0.2) is 0 Å². The van der Waals surface area contributed by atoms with Gasteiger partial charge in [-0.15, -0.1) is 5.48 Å². The van der Waals surface area contributed by atoms with Crippen molar-refractivity contribution in [2.24, 2.45) is 0 Å². The van der Waals surface area contributed by atoms with Gasteiger partial charge in [0, 0.05) is 6.42 Å². The molecule has 3 rings (SSSR count). The molecule has 1 atom stereocenters. The lowest BCUT2D eigenvalue weighted by molar-refractivity contribution is -0.147. The van der Waals surface area contributed by atoms with Crippen molar-refractivity contribution >= 4 is 16.7 Å². The van der Waals surface area contributed by atoms with Crippen LogP contribution in [0.5, 0.6) is 5.75 Å². The highest BCUT2D eigenvalue weighted by molar-refractivity contribution is 5.83. The van der Waals surface area contributed by atoms with E-state index in [9.17, 15) is 4.79 Å². The van der Waals surface area contributed by atoms with E-state index in [1.165, 1.54) is 0 Å². The summed E-state index contributed by atoms with van der Waals surface area (Å²) >= 11 is 0. The molecule has 4 heteroatoms. The number of ether oxygens (including phenoxy) is 1. The first kappa shape index (κ1) is 17.0. The average molecular weight is 335 g/mol. The number of fused-ring (bicyclic) bond motifs is 1. The number of carbonyl (C=O) groups is 1. The van der Waals surface area contributed by atoms with E-state index in [-0.39, 0.29) is 5.97 Å². The Morgan fingerprint density at radius 1 is 0.960 bits per heavy atom. The van der Waals surface area contributed by atoms with Crippen LogP contribution < -0.4 is 10.3 Å². The lowest BCUT2D eigenvalue weighted by Gasteiger charge is -2.17. The second-order valence-electron chi connectivity index (χ2n) is 5.72. The van der Waals surface area contributed by atoms with Gasteiger partial charge in [0.1, 0.15) is 11.8 Å². The summed E-state index contributed by atoms with van der Waals surface area (Å²) in [6, 6.07) is 23.1. The highest BCUT2D eigenvalue weighted by atomic mass is 16.7. The van der Waals surface area contributed by atoms with Crippen LogP contribution in [0.2, 0.25) is 0 Å². The van der Waals surface area contributed by atoms with Crippen LogP contribution in [0.1, 0.15) is 12.5 Å². The molecule has 0 aliphatic carbocycles. The zero-order valence-corrected chi connectivity index (χ0v) is 14.1. The van der Waals surface area contributed by atoms with E-state index in [1.807, 2.05) is 72.8 Å².